The second kappa shape index (κ2) is 6.03. The van der Waals surface area contributed by atoms with Crippen LogP contribution in [-0.2, 0) is 14.6 Å². The average molecular weight is 379 g/mol. The first kappa shape index (κ1) is 16.1. The number of amides is 1. The van der Waals surface area contributed by atoms with Crippen molar-refractivity contribution >= 4 is 61.6 Å². The van der Waals surface area contributed by atoms with Crippen LogP contribution in [0.1, 0.15) is 0 Å². The Morgan fingerprint density at radius 1 is 1.32 bits per heavy atom. The summed E-state index contributed by atoms with van der Waals surface area (Å²) in [5.41, 5.74) is 0.766. The number of amidine groups is 1. The summed E-state index contributed by atoms with van der Waals surface area (Å²) >= 11 is 12.7. The third-order valence-corrected chi connectivity index (χ3v) is 7.20. The quantitative estimate of drug-likeness (QED) is 0.737. The number of thioether (sulfide) groups is 1. The van der Waals surface area contributed by atoms with E-state index in [4.69, 9.17) is 23.2 Å². The Hall–Kier alpha value is -0.760. The van der Waals surface area contributed by atoms with Gasteiger partial charge in [-0.3, -0.25) is 4.79 Å². The normalized spacial score (nSPS) is 28.1. The molecule has 1 aromatic rings. The fourth-order valence-corrected chi connectivity index (χ4v) is 6.72. The summed E-state index contributed by atoms with van der Waals surface area (Å²) in [4.78, 5) is 17.4. The van der Waals surface area contributed by atoms with E-state index in [2.05, 4.69) is 4.99 Å². The van der Waals surface area contributed by atoms with Gasteiger partial charge in [0, 0.05) is 16.0 Å². The van der Waals surface area contributed by atoms with Crippen LogP contribution in [-0.4, -0.2) is 48.2 Å². The summed E-state index contributed by atoms with van der Waals surface area (Å²) in [6, 6.07) is 6.80. The lowest BCUT2D eigenvalue weighted by Crippen LogP contribution is -2.37. The van der Waals surface area contributed by atoms with Crippen LogP contribution in [0.4, 0.5) is 5.69 Å². The fourth-order valence-electron chi connectivity index (χ4n) is 2.60. The van der Waals surface area contributed by atoms with E-state index < -0.39 is 15.7 Å². The predicted octanol–water partition coefficient (Wildman–Crippen LogP) is 2.18. The molecule has 2 heterocycles. The predicted molar refractivity (Wildman–Crippen MR) is 90.9 cm³/mol. The second-order valence-electron chi connectivity index (χ2n) is 5.07. The standard InChI is InChI=1S/C13H12Cl2N2O3S2/c14-5-12(18)16-13-17(9-3-1-8(15)2-4-9)10-6-22(19,20)7-11(10)21-13/h1-4,10-11H,5-7H2/t10-,11+/m0/s1. The van der Waals surface area contributed by atoms with E-state index in [1.54, 1.807) is 29.2 Å². The van der Waals surface area contributed by atoms with Crippen molar-refractivity contribution in [2.45, 2.75) is 11.3 Å². The Morgan fingerprint density at radius 2 is 2.00 bits per heavy atom. The van der Waals surface area contributed by atoms with E-state index in [9.17, 15) is 13.2 Å². The van der Waals surface area contributed by atoms with E-state index in [1.165, 1.54) is 11.8 Å². The Labute approximate surface area is 142 Å². The van der Waals surface area contributed by atoms with Gasteiger partial charge in [0.25, 0.3) is 5.91 Å². The smallest absolute Gasteiger partial charge is 0.262 e. The largest absolute Gasteiger partial charge is 0.316 e. The highest BCUT2D eigenvalue weighted by Crippen LogP contribution is 2.41. The molecule has 0 saturated carbocycles. The minimum atomic E-state index is -3.07. The van der Waals surface area contributed by atoms with Gasteiger partial charge >= 0.3 is 0 Å². The summed E-state index contributed by atoms with van der Waals surface area (Å²) in [6.45, 7) is 0. The number of fused-ring (bicyclic) bond motifs is 1. The van der Waals surface area contributed by atoms with E-state index in [0.29, 0.717) is 10.2 Å². The lowest BCUT2D eigenvalue weighted by molar-refractivity contribution is -0.115. The summed E-state index contributed by atoms with van der Waals surface area (Å²) in [7, 11) is -3.07. The molecule has 3 rings (SSSR count). The van der Waals surface area contributed by atoms with Crippen LogP contribution in [0.5, 0.6) is 0 Å². The van der Waals surface area contributed by atoms with Crippen LogP contribution in [0, 0.1) is 0 Å². The van der Waals surface area contributed by atoms with Crippen molar-refractivity contribution in [2.24, 2.45) is 4.99 Å². The number of anilines is 1. The molecule has 0 radical (unpaired) electrons. The lowest BCUT2D eigenvalue weighted by Gasteiger charge is -2.24. The maximum absolute atomic E-state index is 11.9. The molecule has 2 fully saturated rings. The molecule has 9 heteroatoms. The number of sulfone groups is 1. The molecular weight excluding hydrogens is 367 g/mol. The van der Waals surface area contributed by atoms with Crippen LogP contribution in [0.2, 0.25) is 5.02 Å². The molecule has 2 aliphatic heterocycles. The van der Waals surface area contributed by atoms with Gasteiger partial charge in [-0.25, -0.2) is 8.42 Å². The maximum Gasteiger partial charge on any atom is 0.262 e. The molecule has 1 aromatic carbocycles. The molecular formula is C13H12Cl2N2O3S2. The third kappa shape index (κ3) is 3.13. The number of halogens is 2. The number of benzene rings is 1. The van der Waals surface area contributed by atoms with Gasteiger partial charge in [0.1, 0.15) is 5.88 Å². The van der Waals surface area contributed by atoms with Gasteiger partial charge in [0.15, 0.2) is 15.0 Å². The van der Waals surface area contributed by atoms with Crippen molar-refractivity contribution in [3.63, 3.8) is 0 Å². The maximum atomic E-state index is 11.9. The summed E-state index contributed by atoms with van der Waals surface area (Å²) in [6.07, 6.45) is 0. The average Bonchev–Trinajstić information content (AvgIpc) is 2.91. The monoisotopic (exact) mass is 378 g/mol. The number of aliphatic imine (C=N–C) groups is 1. The van der Waals surface area contributed by atoms with Crippen molar-refractivity contribution in [1.82, 2.24) is 0 Å². The number of nitrogens with zero attached hydrogens (tertiary/aromatic N) is 2. The zero-order valence-corrected chi connectivity index (χ0v) is 14.4. The minimum Gasteiger partial charge on any atom is -0.316 e. The van der Waals surface area contributed by atoms with Gasteiger partial charge in [0.2, 0.25) is 0 Å². The van der Waals surface area contributed by atoms with Crippen molar-refractivity contribution < 1.29 is 13.2 Å². The van der Waals surface area contributed by atoms with Crippen LogP contribution in [0.3, 0.4) is 0 Å². The molecule has 0 spiro atoms. The summed E-state index contributed by atoms with van der Waals surface area (Å²) < 4.78 is 23.7. The van der Waals surface area contributed by atoms with Crippen molar-refractivity contribution in [3.8, 4) is 0 Å². The molecule has 5 nitrogen and oxygen atoms in total. The van der Waals surface area contributed by atoms with E-state index in [0.717, 1.165) is 5.69 Å². The van der Waals surface area contributed by atoms with Gasteiger partial charge in [0.05, 0.1) is 17.5 Å². The first-order valence-electron chi connectivity index (χ1n) is 6.49. The highest BCUT2D eigenvalue weighted by atomic mass is 35.5. The van der Waals surface area contributed by atoms with E-state index >= 15 is 0 Å². The van der Waals surface area contributed by atoms with Crippen LogP contribution in [0.15, 0.2) is 29.3 Å². The van der Waals surface area contributed by atoms with Crippen LogP contribution >= 0.6 is 35.0 Å². The first-order valence-corrected chi connectivity index (χ1v) is 10.1. The van der Waals surface area contributed by atoms with Crippen molar-refractivity contribution in [2.75, 3.05) is 22.3 Å². The van der Waals surface area contributed by atoms with Crippen LogP contribution in [0.25, 0.3) is 0 Å². The lowest BCUT2D eigenvalue weighted by atomic mass is 10.2. The Bertz CT molecular complexity index is 734. The SMILES string of the molecule is O=C(CCl)N=C1S[C@@H]2CS(=O)(=O)C[C@@H]2N1c1ccc(Cl)cc1. The van der Waals surface area contributed by atoms with E-state index in [1.807, 2.05) is 0 Å². The van der Waals surface area contributed by atoms with Crippen LogP contribution < -0.4 is 4.90 Å². The van der Waals surface area contributed by atoms with Gasteiger partial charge in [-0.05, 0) is 24.3 Å². The van der Waals surface area contributed by atoms with Gasteiger partial charge < -0.3 is 4.90 Å². The fraction of sp³-hybridized carbons (Fsp3) is 0.385. The third-order valence-electron chi connectivity index (χ3n) is 3.51. The molecule has 0 aromatic heterocycles. The minimum absolute atomic E-state index is 0.0569. The molecule has 2 atom stereocenters. The molecule has 118 valence electrons. The van der Waals surface area contributed by atoms with Gasteiger partial charge in [-0.1, -0.05) is 23.4 Å². The molecule has 0 unspecified atom stereocenters. The zero-order valence-electron chi connectivity index (χ0n) is 11.3. The van der Waals surface area contributed by atoms with Crippen molar-refractivity contribution in [1.29, 1.82) is 0 Å². The Morgan fingerprint density at radius 3 is 2.64 bits per heavy atom. The number of rotatable bonds is 2. The number of hydrogen-bond donors (Lipinski definition) is 0. The van der Waals surface area contributed by atoms with Gasteiger partial charge in [-0.15, -0.1) is 11.6 Å². The first-order chi connectivity index (χ1) is 10.4. The van der Waals surface area contributed by atoms with Crippen molar-refractivity contribution in [3.05, 3.63) is 29.3 Å². The highest BCUT2D eigenvalue weighted by molar-refractivity contribution is 8.16. The molecule has 0 bridgehead atoms. The molecule has 22 heavy (non-hydrogen) atoms. The van der Waals surface area contributed by atoms with E-state index in [-0.39, 0.29) is 28.7 Å². The Kier molecular flexibility index (Phi) is 4.42. The topological polar surface area (TPSA) is 66.8 Å². The van der Waals surface area contributed by atoms with Gasteiger partial charge in [-0.2, -0.15) is 4.99 Å². The zero-order chi connectivity index (χ0) is 15.9. The summed E-state index contributed by atoms with van der Waals surface area (Å²) in [5, 5.41) is 0.960. The number of hydrogen-bond acceptors (Lipinski definition) is 4. The Balaban J connectivity index is 2.01. The number of carbonyl (C=O) groups is 1. The molecule has 2 aliphatic rings. The molecule has 1 amide bonds. The number of alkyl halides is 1. The molecule has 2 saturated heterocycles. The molecule has 0 N–H and O–H groups in total. The highest BCUT2D eigenvalue weighted by Gasteiger charge is 2.49. The second-order valence-corrected chi connectivity index (χ2v) is 9.13. The summed E-state index contributed by atoms with van der Waals surface area (Å²) in [5.74, 6) is -0.487. The molecule has 0 aliphatic carbocycles. The number of carbonyl (C=O) groups excluding carboxylic acids is 1.